The maximum absolute atomic E-state index is 12.3. The molecule has 1 fully saturated rings. The topological polar surface area (TPSA) is 41.6 Å². The van der Waals surface area contributed by atoms with Gasteiger partial charge in [0.15, 0.2) is 0 Å². The summed E-state index contributed by atoms with van der Waals surface area (Å²) in [6, 6.07) is 6.27. The molecule has 1 heterocycles. The van der Waals surface area contributed by atoms with Gasteiger partial charge in [0.05, 0.1) is 0 Å². The largest absolute Gasteiger partial charge is 0.435 e. The van der Waals surface area contributed by atoms with E-state index >= 15 is 0 Å². The van der Waals surface area contributed by atoms with Crippen LogP contribution in [0, 0.1) is 0 Å². The van der Waals surface area contributed by atoms with Gasteiger partial charge in [-0.05, 0) is 38.1 Å². The molecular weight excluding hydrogens is 302 g/mol. The number of hydrogen-bond acceptors (Lipinski definition) is 3. The third-order valence-corrected chi connectivity index (χ3v) is 3.17. The smallest absolute Gasteiger partial charge is 0.387 e. The lowest BCUT2D eigenvalue weighted by Gasteiger charge is -2.36. The summed E-state index contributed by atoms with van der Waals surface area (Å²) in [5, 5.41) is 3.35. The molecule has 1 amide bonds. The minimum Gasteiger partial charge on any atom is -0.435 e. The molecule has 0 radical (unpaired) electrons. The summed E-state index contributed by atoms with van der Waals surface area (Å²) in [6.07, 6.45) is 0. The fourth-order valence-corrected chi connectivity index (χ4v) is 2.45. The minimum absolute atomic E-state index is 0. The van der Waals surface area contributed by atoms with Crippen molar-refractivity contribution >= 4 is 18.3 Å². The number of nitrogens with zero attached hydrogens (tertiary/aromatic N) is 1. The fraction of sp³-hybridized carbons (Fsp3) is 0.500. The van der Waals surface area contributed by atoms with Gasteiger partial charge >= 0.3 is 6.61 Å². The number of amides is 1. The zero-order valence-corrected chi connectivity index (χ0v) is 12.7. The van der Waals surface area contributed by atoms with Crippen LogP contribution in [-0.4, -0.2) is 42.6 Å². The number of carbonyl (C=O) groups excluding carboxylic acids is 1. The van der Waals surface area contributed by atoms with Gasteiger partial charge in [-0.2, -0.15) is 8.78 Å². The average molecular weight is 321 g/mol. The first-order valence-corrected chi connectivity index (χ1v) is 6.56. The van der Waals surface area contributed by atoms with Crippen LogP contribution in [0.4, 0.5) is 8.78 Å². The predicted octanol–water partition coefficient (Wildman–Crippen LogP) is 2.53. The van der Waals surface area contributed by atoms with Crippen molar-refractivity contribution in [2.24, 2.45) is 0 Å². The van der Waals surface area contributed by atoms with Gasteiger partial charge in [-0.3, -0.25) is 4.79 Å². The number of alkyl halides is 2. The van der Waals surface area contributed by atoms with E-state index in [0.717, 1.165) is 0 Å². The lowest BCUT2D eigenvalue weighted by Crippen LogP contribution is -2.55. The van der Waals surface area contributed by atoms with E-state index in [9.17, 15) is 13.6 Å². The van der Waals surface area contributed by atoms with Crippen LogP contribution in [0.1, 0.15) is 24.2 Å². The number of benzene rings is 1. The van der Waals surface area contributed by atoms with Crippen molar-refractivity contribution < 1.29 is 18.3 Å². The minimum atomic E-state index is -2.86. The fourth-order valence-electron chi connectivity index (χ4n) is 2.45. The number of piperazine rings is 1. The Labute approximate surface area is 128 Å². The quantitative estimate of drug-likeness (QED) is 0.930. The van der Waals surface area contributed by atoms with E-state index in [4.69, 9.17) is 0 Å². The molecule has 0 bridgehead atoms. The number of carbonyl (C=O) groups is 1. The average Bonchev–Trinajstić information content (AvgIpc) is 2.37. The van der Waals surface area contributed by atoms with Crippen molar-refractivity contribution in [3.8, 4) is 5.75 Å². The Hall–Kier alpha value is -1.40. The lowest BCUT2D eigenvalue weighted by molar-refractivity contribution is -0.0498. The number of ether oxygens (including phenoxy) is 1. The van der Waals surface area contributed by atoms with Gasteiger partial charge in [-0.15, -0.1) is 12.4 Å². The summed E-state index contributed by atoms with van der Waals surface area (Å²) in [5.41, 5.74) is 0.480. The molecule has 7 heteroatoms. The molecule has 2 atom stereocenters. The van der Waals surface area contributed by atoms with Crippen LogP contribution in [0.25, 0.3) is 0 Å². The zero-order chi connectivity index (χ0) is 14.7. The molecule has 21 heavy (non-hydrogen) atoms. The van der Waals surface area contributed by atoms with Gasteiger partial charge in [0, 0.05) is 30.7 Å². The molecular formula is C14H19ClF2N2O2. The molecule has 2 unspecified atom stereocenters. The molecule has 2 rings (SSSR count). The van der Waals surface area contributed by atoms with Gasteiger partial charge in [-0.1, -0.05) is 0 Å². The van der Waals surface area contributed by atoms with E-state index in [0.29, 0.717) is 18.7 Å². The second-order valence-electron chi connectivity index (χ2n) is 5.08. The summed E-state index contributed by atoms with van der Waals surface area (Å²) < 4.78 is 28.4. The lowest BCUT2D eigenvalue weighted by atomic mass is 10.1. The Morgan fingerprint density at radius 2 is 1.76 bits per heavy atom. The molecule has 0 aromatic heterocycles. The van der Waals surface area contributed by atoms with Crippen molar-refractivity contribution in [2.75, 3.05) is 13.1 Å². The van der Waals surface area contributed by atoms with E-state index < -0.39 is 6.61 Å². The molecule has 1 saturated heterocycles. The first-order valence-electron chi connectivity index (χ1n) is 6.56. The van der Waals surface area contributed by atoms with Crippen LogP contribution in [0.5, 0.6) is 5.75 Å². The Kier molecular flexibility index (Phi) is 6.36. The standard InChI is InChI=1S/C14H18F2N2O2.ClH/c1-9-7-18(8-10(2)17-9)13(19)11-3-5-12(6-4-11)20-14(15)16;/h3-6,9-10,14,17H,7-8H2,1-2H3;1H. The van der Waals surface area contributed by atoms with E-state index in [1.54, 1.807) is 4.90 Å². The maximum Gasteiger partial charge on any atom is 0.387 e. The third-order valence-electron chi connectivity index (χ3n) is 3.17. The molecule has 1 aliphatic rings. The summed E-state index contributed by atoms with van der Waals surface area (Å²) >= 11 is 0. The molecule has 118 valence electrons. The highest BCUT2D eigenvalue weighted by Gasteiger charge is 2.25. The molecule has 0 saturated carbocycles. The van der Waals surface area contributed by atoms with Crippen molar-refractivity contribution in [3.63, 3.8) is 0 Å². The van der Waals surface area contributed by atoms with Crippen LogP contribution in [-0.2, 0) is 0 Å². The van der Waals surface area contributed by atoms with Crippen molar-refractivity contribution in [2.45, 2.75) is 32.5 Å². The van der Waals surface area contributed by atoms with E-state index in [1.165, 1.54) is 24.3 Å². The molecule has 1 N–H and O–H groups in total. The van der Waals surface area contributed by atoms with E-state index in [2.05, 4.69) is 10.1 Å². The number of nitrogens with one attached hydrogen (secondary N) is 1. The van der Waals surface area contributed by atoms with Crippen molar-refractivity contribution in [3.05, 3.63) is 29.8 Å². The molecule has 4 nitrogen and oxygen atoms in total. The van der Waals surface area contributed by atoms with Crippen LogP contribution in [0.3, 0.4) is 0 Å². The Morgan fingerprint density at radius 3 is 2.24 bits per heavy atom. The van der Waals surface area contributed by atoms with Gasteiger partial charge in [-0.25, -0.2) is 0 Å². The van der Waals surface area contributed by atoms with Gasteiger partial charge < -0.3 is 15.0 Å². The zero-order valence-electron chi connectivity index (χ0n) is 11.9. The second-order valence-corrected chi connectivity index (χ2v) is 5.08. The van der Waals surface area contributed by atoms with Crippen molar-refractivity contribution in [1.29, 1.82) is 0 Å². The van der Waals surface area contributed by atoms with E-state index in [1.807, 2.05) is 13.8 Å². The van der Waals surface area contributed by atoms with Crippen LogP contribution in [0.15, 0.2) is 24.3 Å². The van der Waals surface area contributed by atoms with Crippen LogP contribution >= 0.6 is 12.4 Å². The number of halogens is 3. The Bertz CT molecular complexity index is 461. The Balaban J connectivity index is 0.00000220. The first kappa shape index (κ1) is 17.7. The third kappa shape index (κ3) is 4.82. The highest BCUT2D eigenvalue weighted by Crippen LogP contribution is 2.17. The molecule has 0 spiro atoms. The summed E-state index contributed by atoms with van der Waals surface area (Å²) in [4.78, 5) is 14.1. The monoisotopic (exact) mass is 320 g/mol. The summed E-state index contributed by atoms with van der Waals surface area (Å²) in [5.74, 6) is -0.0348. The number of hydrogen-bond donors (Lipinski definition) is 1. The van der Waals surface area contributed by atoms with E-state index in [-0.39, 0.29) is 36.1 Å². The molecule has 0 aliphatic carbocycles. The first-order chi connectivity index (χ1) is 9.45. The highest BCUT2D eigenvalue weighted by molar-refractivity contribution is 5.94. The SMILES string of the molecule is CC1CN(C(=O)c2ccc(OC(F)F)cc2)CC(C)N1.Cl. The maximum atomic E-state index is 12.3. The number of rotatable bonds is 3. The summed E-state index contributed by atoms with van der Waals surface area (Å²) in [7, 11) is 0. The molecule has 1 aliphatic heterocycles. The predicted molar refractivity (Wildman–Crippen MR) is 78.3 cm³/mol. The Morgan fingerprint density at radius 1 is 1.24 bits per heavy atom. The highest BCUT2D eigenvalue weighted by atomic mass is 35.5. The van der Waals surface area contributed by atoms with Crippen molar-refractivity contribution in [1.82, 2.24) is 10.2 Å². The van der Waals surface area contributed by atoms with Gasteiger partial charge in [0.25, 0.3) is 5.91 Å². The van der Waals surface area contributed by atoms with Gasteiger partial charge in [0.1, 0.15) is 5.75 Å². The summed E-state index contributed by atoms with van der Waals surface area (Å²) in [6.45, 7) is 2.47. The second kappa shape index (κ2) is 7.56. The van der Waals surface area contributed by atoms with Crippen LogP contribution < -0.4 is 10.1 Å². The van der Waals surface area contributed by atoms with Gasteiger partial charge in [0.2, 0.25) is 0 Å². The van der Waals surface area contributed by atoms with Crippen LogP contribution in [0.2, 0.25) is 0 Å². The molecule has 1 aromatic carbocycles. The normalized spacial score (nSPS) is 21.9. The molecule has 1 aromatic rings.